The van der Waals surface area contributed by atoms with Gasteiger partial charge in [0, 0.05) is 12.8 Å². The average molecular weight is 291 g/mol. The molecule has 104 valence electrons. The molecule has 3 nitrogen and oxygen atoms in total. The Bertz CT molecular complexity index is 649. The quantitative estimate of drug-likeness (QED) is 0.783. The summed E-state index contributed by atoms with van der Waals surface area (Å²) >= 11 is 1.35. The molecule has 0 spiro atoms. The number of ketones is 1. The van der Waals surface area contributed by atoms with Gasteiger partial charge in [0.1, 0.15) is 11.6 Å². The standard InChI is InChI=1S/C15H14FNO2S/c1-9(18)15-14(10-6-7-10)17-13(20-15)8-19-12-5-3-2-4-11(12)16/h2-5,10H,6-8H2,1H3. The van der Waals surface area contributed by atoms with Gasteiger partial charge in [-0.15, -0.1) is 11.3 Å². The monoisotopic (exact) mass is 291 g/mol. The first-order chi connectivity index (χ1) is 9.65. The molecule has 1 fully saturated rings. The number of ether oxygens (including phenoxy) is 1. The number of hydrogen-bond donors (Lipinski definition) is 0. The lowest BCUT2D eigenvalue weighted by molar-refractivity contribution is 0.102. The number of nitrogens with zero attached hydrogens (tertiary/aromatic N) is 1. The van der Waals surface area contributed by atoms with E-state index in [0.717, 1.165) is 28.4 Å². The fraction of sp³-hybridized carbons (Fsp3) is 0.333. The van der Waals surface area contributed by atoms with Crippen LogP contribution in [0.3, 0.4) is 0 Å². The summed E-state index contributed by atoms with van der Waals surface area (Å²) in [5.74, 6) is 0.284. The summed E-state index contributed by atoms with van der Waals surface area (Å²) in [6, 6.07) is 6.27. The zero-order chi connectivity index (χ0) is 14.1. The number of benzene rings is 1. The van der Waals surface area contributed by atoms with Crippen molar-refractivity contribution in [3.05, 3.63) is 45.7 Å². The van der Waals surface area contributed by atoms with Crippen LogP contribution < -0.4 is 4.74 Å². The number of para-hydroxylation sites is 1. The summed E-state index contributed by atoms with van der Waals surface area (Å²) in [7, 11) is 0. The predicted molar refractivity (Wildman–Crippen MR) is 74.8 cm³/mol. The molecular weight excluding hydrogens is 277 g/mol. The first-order valence-electron chi connectivity index (χ1n) is 6.53. The average Bonchev–Trinajstić information content (AvgIpc) is 3.18. The number of hydrogen-bond acceptors (Lipinski definition) is 4. The minimum atomic E-state index is -0.390. The van der Waals surface area contributed by atoms with Crippen molar-refractivity contribution in [3.8, 4) is 5.75 Å². The van der Waals surface area contributed by atoms with Crippen molar-refractivity contribution in [2.75, 3.05) is 0 Å². The Morgan fingerprint density at radius 1 is 1.45 bits per heavy atom. The third kappa shape index (κ3) is 2.72. The topological polar surface area (TPSA) is 39.2 Å². The number of carbonyl (C=O) groups excluding carboxylic acids is 1. The Hall–Kier alpha value is -1.75. The largest absolute Gasteiger partial charge is 0.483 e. The SMILES string of the molecule is CC(=O)c1sc(COc2ccccc2F)nc1C1CC1. The van der Waals surface area contributed by atoms with Gasteiger partial charge in [0.2, 0.25) is 0 Å². The van der Waals surface area contributed by atoms with Crippen LogP contribution in [0.2, 0.25) is 0 Å². The highest BCUT2D eigenvalue weighted by molar-refractivity contribution is 7.13. The second kappa shape index (κ2) is 5.32. The molecular formula is C15H14FNO2S. The summed E-state index contributed by atoms with van der Waals surface area (Å²) in [5, 5.41) is 0.723. The second-order valence-electron chi connectivity index (χ2n) is 4.87. The van der Waals surface area contributed by atoms with Crippen LogP contribution in [0.15, 0.2) is 24.3 Å². The van der Waals surface area contributed by atoms with Crippen molar-refractivity contribution in [1.82, 2.24) is 4.98 Å². The molecule has 0 N–H and O–H groups in total. The molecule has 2 aromatic rings. The number of thiazole rings is 1. The highest BCUT2D eigenvalue weighted by Crippen LogP contribution is 2.42. The van der Waals surface area contributed by atoms with Gasteiger partial charge in [-0.05, 0) is 25.0 Å². The molecule has 1 aliphatic rings. The molecule has 20 heavy (non-hydrogen) atoms. The lowest BCUT2D eigenvalue weighted by Gasteiger charge is -2.04. The van der Waals surface area contributed by atoms with E-state index in [1.807, 2.05) is 0 Å². The molecule has 0 aliphatic heterocycles. The number of carbonyl (C=O) groups is 1. The van der Waals surface area contributed by atoms with Gasteiger partial charge < -0.3 is 4.74 Å². The maximum Gasteiger partial charge on any atom is 0.171 e. The van der Waals surface area contributed by atoms with Crippen LogP contribution in [0.4, 0.5) is 4.39 Å². The smallest absolute Gasteiger partial charge is 0.171 e. The third-order valence-electron chi connectivity index (χ3n) is 3.17. The summed E-state index contributed by atoms with van der Waals surface area (Å²) in [6.07, 6.45) is 2.19. The van der Waals surface area contributed by atoms with E-state index in [1.165, 1.54) is 17.4 Å². The van der Waals surface area contributed by atoms with Gasteiger partial charge in [-0.3, -0.25) is 4.79 Å². The normalized spacial score (nSPS) is 14.3. The fourth-order valence-corrected chi connectivity index (χ4v) is 2.98. The molecule has 1 heterocycles. The number of rotatable bonds is 5. The summed E-state index contributed by atoms with van der Waals surface area (Å²) in [5.41, 5.74) is 0.898. The van der Waals surface area contributed by atoms with E-state index >= 15 is 0 Å². The van der Waals surface area contributed by atoms with Gasteiger partial charge in [-0.2, -0.15) is 0 Å². The highest BCUT2D eigenvalue weighted by Gasteiger charge is 2.31. The summed E-state index contributed by atoms with van der Waals surface area (Å²) in [4.78, 5) is 16.8. The molecule has 0 radical (unpaired) electrons. The van der Waals surface area contributed by atoms with E-state index in [1.54, 1.807) is 25.1 Å². The molecule has 1 aromatic heterocycles. The molecule has 0 amide bonds. The molecule has 0 atom stereocenters. The van der Waals surface area contributed by atoms with E-state index in [0.29, 0.717) is 5.92 Å². The maximum absolute atomic E-state index is 13.4. The molecule has 3 rings (SSSR count). The summed E-state index contributed by atoms with van der Waals surface area (Å²) in [6.45, 7) is 1.75. The third-order valence-corrected chi connectivity index (χ3v) is 4.31. The molecule has 1 aromatic carbocycles. The van der Waals surface area contributed by atoms with Gasteiger partial charge in [0.05, 0.1) is 10.6 Å². The molecule has 0 bridgehead atoms. The van der Waals surface area contributed by atoms with E-state index in [-0.39, 0.29) is 18.1 Å². The van der Waals surface area contributed by atoms with E-state index in [2.05, 4.69) is 4.98 Å². The lowest BCUT2D eigenvalue weighted by atomic mass is 10.2. The zero-order valence-corrected chi connectivity index (χ0v) is 11.9. The van der Waals surface area contributed by atoms with Crippen molar-refractivity contribution in [2.45, 2.75) is 32.3 Å². The van der Waals surface area contributed by atoms with Gasteiger partial charge in [-0.25, -0.2) is 9.37 Å². The Morgan fingerprint density at radius 2 is 2.20 bits per heavy atom. The van der Waals surface area contributed by atoms with Crippen LogP contribution in [0.5, 0.6) is 5.75 Å². The van der Waals surface area contributed by atoms with Crippen LogP contribution in [-0.2, 0) is 6.61 Å². The van der Waals surface area contributed by atoms with Crippen LogP contribution in [0, 0.1) is 5.82 Å². The number of Topliss-reactive ketones (excluding diaryl/α,β-unsaturated/α-hetero) is 1. The molecule has 0 saturated heterocycles. The first-order valence-corrected chi connectivity index (χ1v) is 7.34. The van der Waals surface area contributed by atoms with Gasteiger partial charge in [0.15, 0.2) is 17.3 Å². The predicted octanol–water partition coefficient (Wildman–Crippen LogP) is 3.94. The molecule has 1 saturated carbocycles. The van der Waals surface area contributed by atoms with E-state index in [4.69, 9.17) is 4.74 Å². The Kier molecular flexibility index (Phi) is 3.53. The van der Waals surface area contributed by atoms with Crippen LogP contribution >= 0.6 is 11.3 Å². The number of halogens is 1. The van der Waals surface area contributed by atoms with Gasteiger partial charge in [0.25, 0.3) is 0 Å². The van der Waals surface area contributed by atoms with Crippen LogP contribution in [0.25, 0.3) is 0 Å². The van der Waals surface area contributed by atoms with Crippen molar-refractivity contribution in [2.24, 2.45) is 0 Å². The van der Waals surface area contributed by atoms with Gasteiger partial charge in [-0.1, -0.05) is 12.1 Å². The molecule has 0 unspecified atom stereocenters. The zero-order valence-electron chi connectivity index (χ0n) is 11.1. The number of aromatic nitrogens is 1. The Balaban J connectivity index is 1.76. The Labute approximate surface area is 120 Å². The van der Waals surface area contributed by atoms with E-state index < -0.39 is 5.82 Å². The fourth-order valence-electron chi connectivity index (χ4n) is 2.03. The molecule has 5 heteroatoms. The Morgan fingerprint density at radius 3 is 2.85 bits per heavy atom. The van der Waals surface area contributed by atoms with Crippen molar-refractivity contribution in [1.29, 1.82) is 0 Å². The van der Waals surface area contributed by atoms with Crippen LogP contribution in [0.1, 0.15) is 46.1 Å². The highest BCUT2D eigenvalue weighted by atomic mass is 32.1. The van der Waals surface area contributed by atoms with Crippen molar-refractivity contribution in [3.63, 3.8) is 0 Å². The van der Waals surface area contributed by atoms with Crippen molar-refractivity contribution >= 4 is 17.1 Å². The molecule has 1 aliphatic carbocycles. The minimum absolute atomic E-state index is 0.0431. The summed E-state index contributed by atoms with van der Waals surface area (Å²) < 4.78 is 18.9. The minimum Gasteiger partial charge on any atom is -0.483 e. The van der Waals surface area contributed by atoms with E-state index in [9.17, 15) is 9.18 Å². The second-order valence-corrected chi connectivity index (χ2v) is 5.96. The van der Waals surface area contributed by atoms with Crippen LogP contribution in [-0.4, -0.2) is 10.8 Å². The van der Waals surface area contributed by atoms with Crippen molar-refractivity contribution < 1.29 is 13.9 Å². The van der Waals surface area contributed by atoms with Gasteiger partial charge >= 0.3 is 0 Å². The maximum atomic E-state index is 13.4. The first kappa shape index (κ1) is 13.2. The lowest BCUT2D eigenvalue weighted by Crippen LogP contribution is -1.97.